The highest BCUT2D eigenvalue weighted by atomic mass is 35.5. The van der Waals surface area contributed by atoms with Crippen LogP contribution in [-0.2, 0) is 22.3 Å². The third-order valence-corrected chi connectivity index (χ3v) is 5.11. The Labute approximate surface area is 199 Å². The summed E-state index contributed by atoms with van der Waals surface area (Å²) >= 11 is 11.9. The molecule has 172 valence electrons. The van der Waals surface area contributed by atoms with E-state index >= 15 is 0 Å². The van der Waals surface area contributed by atoms with Crippen LogP contribution >= 0.6 is 23.2 Å². The summed E-state index contributed by atoms with van der Waals surface area (Å²) < 4.78 is 49.4. The number of carbonyl (C=O) groups excluding carboxylic acids is 1. The van der Waals surface area contributed by atoms with Crippen molar-refractivity contribution in [2.45, 2.75) is 39.1 Å². The van der Waals surface area contributed by atoms with E-state index in [1.165, 1.54) is 48.5 Å². The lowest BCUT2D eigenvalue weighted by atomic mass is 9.98. The Morgan fingerprint density at radius 2 is 1.45 bits per heavy atom. The molecule has 9 heteroatoms. The Kier molecular flexibility index (Phi) is 6.83. The number of ether oxygens (including phenoxy) is 1. The van der Waals surface area contributed by atoms with Gasteiger partial charge in [-0.25, -0.2) is 0 Å². The monoisotopic (exact) mass is 494 g/mol. The molecule has 0 aliphatic heterocycles. The van der Waals surface area contributed by atoms with Crippen molar-refractivity contribution in [1.29, 1.82) is 5.26 Å². The first-order chi connectivity index (χ1) is 15.3. The van der Waals surface area contributed by atoms with Gasteiger partial charge in [-0.2, -0.15) is 18.4 Å². The SMILES string of the molecule is CC(C)(C)OC(=O)Cn1c(-c2ccc(Cl)cc2)c(C#N)c(-c2ccc(Cl)cc2)c1C(F)(F)F. The molecule has 0 saturated carbocycles. The Balaban J connectivity index is 2.39. The van der Waals surface area contributed by atoms with Gasteiger partial charge >= 0.3 is 12.1 Å². The van der Waals surface area contributed by atoms with E-state index in [-0.39, 0.29) is 22.4 Å². The minimum atomic E-state index is -4.88. The van der Waals surface area contributed by atoms with Gasteiger partial charge in [-0.3, -0.25) is 4.79 Å². The van der Waals surface area contributed by atoms with Gasteiger partial charge in [-0.15, -0.1) is 0 Å². The lowest BCUT2D eigenvalue weighted by Crippen LogP contribution is -2.28. The molecule has 0 atom stereocenters. The fourth-order valence-corrected chi connectivity index (χ4v) is 3.74. The van der Waals surface area contributed by atoms with Crippen molar-refractivity contribution in [2.75, 3.05) is 0 Å². The van der Waals surface area contributed by atoms with Gasteiger partial charge in [0.1, 0.15) is 23.9 Å². The highest BCUT2D eigenvalue weighted by Gasteiger charge is 2.42. The van der Waals surface area contributed by atoms with E-state index in [9.17, 15) is 23.2 Å². The molecule has 0 aliphatic rings. The lowest BCUT2D eigenvalue weighted by molar-refractivity contribution is -0.157. The number of benzene rings is 2. The van der Waals surface area contributed by atoms with E-state index in [4.69, 9.17) is 27.9 Å². The van der Waals surface area contributed by atoms with Crippen LogP contribution in [0.4, 0.5) is 13.2 Å². The third kappa shape index (κ3) is 5.52. The predicted molar refractivity (Wildman–Crippen MR) is 121 cm³/mol. The number of esters is 1. The summed E-state index contributed by atoms with van der Waals surface area (Å²) in [5.74, 6) is -0.870. The van der Waals surface area contributed by atoms with Gasteiger partial charge < -0.3 is 9.30 Å². The second kappa shape index (κ2) is 9.12. The summed E-state index contributed by atoms with van der Waals surface area (Å²) in [6.07, 6.45) is -4.88. The van der Waals surface area contributed by atoms with E-state index in [1.807, 2.05) is 6.07 Å². The first-order valence-corrected chi connectivity index (χ1v) is 10.5. The predicted octanol–water partition coefficient (Wildman–Crippen LogP) is 7.36. The second-order valence-electron chi connectivity index (χ2n) is 8.24. The van der Waals surface area contributed by atoms with Crippen LogP contribution in [0.1, 0.15) is 32.0 Å². The summed E-state index contributed by atoms with van der Waals surface area (Å²) in [4.78, 5) is 12.6. The van der Waals surface area contributed by atoms with Gasteiger partial charge in [-0.05, 0) is 56.2 Å². The number of aromatic nitrogens is 1. The molecular formula is C24H19Cl2F3N2O2. The Morgan fingerprint density at radius 3 is 1.88 bits per heavy atom. The molecule has 0 unspecified atom stereocenters. The highest BCUT2D eigenvalue weighted by molar-refractivity contribution is 6.31. The van der Waals surface area contributed by atoms with Crippen molar-refractivity contribution in [3.8, 4) is 28.5 Å². The summed E-state index contributed by atoms with van der Waals surface area (Å²) in [6, 6.07) is 13.6. The summed E-state index contributed by atoms with van der Waals surface area (Å²) in [5.41, 5.74) is -2.22. The van der Waals surface area contributed by atoms with Crippen molar-refractivity contribution < 1.29 is 22.7 Å². The molecule has 3 aromatic rings. The van der Waals surface area contributed by atoms with Crippen molar-refractivity contribution in [1.82, 2.24) is 4.57 Å². The van der Waals surface area contributed by atoms with Crippen LogP contribution in [0.25, 0.3) is 22.4 Å². The number of nitriles is 1. The van der Waals surface area contributed by atoms with Gasteiger partial charge in [0.15, 0.2) is 0 Å². The van der Waals surface area contributed by atoms with Gasteiger partial charge in [0.25, 0.3) is 0 Å². The van der Waals surface area contributed by atoms with Crippen LogP contribution in [-0.4, -0.2) is 16.1 Å². The van der Waals surface area contributed by atoms with E-state index < -0.39 is 30.0 Å². The van der Waals surface area contributed by atoms with Gasteiger partial charge in [-0.1, -0.05) is 47.5 Å². The fraction of sp³-hybridized carbons (Fsp3) is 0.250. The van der Waals surface area contributed by atoms with Gasteiger partial charge in [0, 0.05) is 15.6 Å². The number of nitrogens with zero attached hydrogens (tertiary/aromatic N) is 2. The summed E-state index contributed by atoms with van der Waals surface area (Å²) in [5, 5.41) is 10.7. The second-order valence-corrected chi connectivity index (χ2v) is 9.12. The average Bonchev–Trinajstić information content (AvgIpc) is 3.01. The van der Waals surface area contributed by atoms with E-state index in [2.05, 4.69) is 0 Å². The van der Waals surface area contributed by atoms with E-state index in [0.29, 0.717) is 15.6 Å². The Bertz CT molecular complexity index is 1220. The fourth-order valence-electron chi connectivity index (χ4n) is 3.49. The van der Waals surface area contributed by atoms with Crippen LogP contribution in [0.15, 0.2) is 48.5 Å². The molecule has 0 radical (unpaired) electrons. The van der Waals surface area contributed by atoms with Crippen LogP contribution in [0.2, 0.25) is 10.0 Å². The van der Waals surface area contributed by atoms with Crippen molar-refractivity contribution >= 4 is 29.2 Å². The molecule has 0 spiro atoms. The highest BCUT2D eigenvalue weighted by Crippen LogP contribution is 2.45. The first-order valence-electron chi connectivity index (χ1n) is 9.79. The molecule has 2 aromatic carbocycles. The Hall–Kier alpha value is -2.95. The molecule has 0 aliphatic carbocycles. The van der Waals surface area contributed by atoms with Crippen LogP contribution in [0.5, 0.6) is 0 Å². The molecule has 1 heterocycles. The average molecular weight is 495 g/mol. The number of carbonyl (C=O) groups is 1. The molecule has 0 bridgehead atoms. The molecular weight excluding hydrogens is 476 g/mol. The Morgan fingerprint density at radius 1 is 0.970 bits per heavy atom. The zero-order valence-electron chi connectivity index (χ0n) is 17.9. The molecule has 1 aromatic heterocycles. The minimum absolute atomic E-state index is 0.0581. The van der Waals surface area contributed by atoms with Crippen molar-refractivity contribution in [3.05, 3.63) is 69.8 Å². The van der Waals surface area contributed by atoms with E-state index in [0.717, 1.165) is 4.57 Å². The summed E-state index contributed by atoms with van der Waals surface area (Å²) in [6.45, 7) is 4.11. The van der Waals surface area contributed by atoms with Crippen LogP contribution in [0, 0.1) is 11.3 Å². The number of hydrogen-bond donors (Lipinski definition) is 0. The molecule has 33 heavy (non-hydrogen) atoms. The number of rotatable bonds is 4. The maximum absolute atomic E-state index is 14.4. The summed E-state index contributed by atoms with van der Waals surface area (Å²) in [7, 11) is 0. The first kappa shape index (κ1) is 24.7. The molecule has 0 fully saturated rings. The number of alkyl halides is 3. The third-order valence-electron chi connectivity index (χ3n) is 4.60. The van der Waals surface area contributed by atoms with Crippen molar-refractivity contribution in [3.63, 3.8) is 0 Å². The molecule has 3 rings (SSSR count). The number of hydrogen-bond acceptors (Lipinski definition) is 3. The number of halogens is 5. The van der Waals surface area contributed by atoms with Crippen molar-refractivity contribution in [2.24, 2.45) is 0 Å². The van der Waals surface area contributed by atoms with Crippen LogP contribution in [0.3, 0.4) is 0 Å². The normalized spacial score (nSPS) is 11.8. The maximum atomic E-state index is 14.4. The molecule has 0 N–H and O–H groups in total. The van der Waals surface area contributed by atoms with Gasteiger partial charge in [0.2, 0.25) is 0 Å². The van der Waals surface area contributed by atoms with Crippen LogP contribution < -0.4 is 0 Å². The van der Waals surface area contributed by atoms with Gasteiger partial charge in [0.05, 0.1) is 11.3 Å². The zero-order valence-corrected chi connectivity index (χ0v) is 19.4. The molecule has 0 saturated heterocycles. The maximum Gasteiger partial charge on any atom is 0.432 e. The topological polar surface area (TPSA) is 55.0 Å². The largest absolute Gasteiger partial charge is 0.459 e. The lowest BCUT2D eigenvalue weighted by Gasteiger charge is -2.21. The smallest absolute Gasteiger partial charge is 0.432 e. The zero-order chi connectivity index (χ0) is 24.6. The quantitative estimate of drug-likeness (QED) is 0.356. The van der Waals surface area contributed by atoms with E-state index in [1.54, 1.807) is 20.8 Å². The minimum Gasteiger partial charge on any atom is -0.459 e. The molecule has 0 amide bonds. The standard InChI is InChI=1S/C24H19Cl2F3N2O2/c1-23(2,3)33-19(32)13-31-21(15-6-10-17(26)11-7-15)18(12-30)20(22(31)24(27,28)29)14-4-8-16(25)9-5-14/h4-11H,13H2,1-3H3. The molecule has 4 nitrogen and oxygen atoms in total.